The number of halogens is 1. The Morgan fingerprint density at radius 1 is 1.18 bits per heavy atom. The molecule has 0 saturated carbocycles. The third-order valence-corrected chi connectivity index (χ3v) is 4.89. The van der Waals surface area contributed by atoms with Gasteiger partial charge < -0.3 is 14.8 Å². The maximum absolute atomic E-state index is 6.01. The molecule has 3 aromatic rings. The highest BCUT2D eigenvalue weighted by atomic mass is 35.5. The fourth-order valence-electron chi connectivity index (χ4n) is 3.54. The maximum Gasteiger partial charge on any atom is 0.161 e. The molecule has 2 heterocycles. The van der Waals surface area contributed by atoms with E-state index in [0.717, 1.165) is 52.7 Å². The lowest BCUT2D eigenvalue weighted by atomic mass is 10.1. The summed E-state index contributed by atoms with van der Waals surface area (Å²) in [7, 11) is 1.96. The molecule has 0 aliphatic heterocycles. The van der Waals surface area contributed by atoms with Gasteiger partial charge in [-0.15, -0.1) is 0 Å². The zero-order chi connectivity index (χ0) is 19.7. The Kier molecular flexibility index (Phi) is 5.13. The van der Waals surface area contributed by atoms with Gasteiger partial charge in [-0.25, -0.2) is 4.98 Å². The summed E-state index contributed by atoms with van der Waals surface area (Å²) in [5, 5.41) is 8.49. The van der Waals surface area contributed by atoms with Crippen LogP contribution in [0.4, 0.5) is 11.5 Å². The van der Waals surface area contributed by atoms with Crippen LogP contribution in [0.2, 0.25) is 5.15 Å². The number of aryl methyl sites for hydroxylation is 1. The number of hydrogen-bond acceptors (Lipinski definition) is 5. The van der Waals surface area contributed by atoms with Crippen molar-refractivity contribution in [2.75, 3.05) is 18.5 Å². The van der Waals surface area contributed by atoms with Crippen molar-refractivity contribution in [2.24, 2.45) is 7.05 Å². The molecule has 6 nitrogen and oxygen atoms in total. The average molecular weight is 399 g/mol. The van der Waals surface area contributed by atoms with Gasteiger partial charge in [-0.3, -0.25) is 4.68 Å². The number of ether oxygens (including phenoxy) is 2. The number of nitrogens with zero attached hydrogens (tertiary/aromatic N) is 3. The fraction of sp³-hybridized carbons (Fsp3) is 0.333. The number of benzene rings is 1. The molecular weight excluding hydrogens is 376 g/mol. The van der Waals surface area contributed by atoms with Crippen molar-refractivity contribution < 1.29 is 9.47 Å². The molecule has 0 saturated heterocycles. The first kappa shape index (κ1) is 18.6. The van der Waals surface area contributed by atoms with Gasteiger partial charge in [0.05, 0.1) is 18.9 Å². The second kappa shape index (κ2) is 7.72. The van der Waals surface area contributed by atoms with Gasteiger partial charge in [-0.2, -0.15) is 5.10 Å². The second-order valence-electron chi connectivity index (χ2n) is 6.71. The zero-order valence-electron chi connectivity index (χ0n) is 16.3. The Bertz CT molecular complexity index is 1020. The molecule has 1 aliphatic carbocycles. The molecule has 28 heavy (non-hydrogen) atoms. The standard InChI is InChI=1S/C21H23ClN4O2/c1-4-8-28-18-12-15-13(10-17(18)27-5-2)9-16-20(15)26(3)25-21(16)24-14-6-7-23-19(22)11-14/h6-7,10-12H,4-5,8-9H2,1-3H3,(H,23,24,25). The van der Waals surface area contributed by atoms with Crippen molar-refractivity contribution in [1.82, 2.24) is 14.8 Å². The number of fused-ring (bicyclic) bond motifs is 3. The van der Waals surface area contributed by atoms with E-state index in [4.69, 9.17) is 21.1 Å². The third-order valence-electron chi connectivity index (χ3n) is 4.69. The summed E-state index contributed by atoms with van der Waals surface area (Å²) in [6, 6.07) is 7.83. The van der Waals surface area contributed by atoms with Crippen LogP contribution in [0, 0.1) is 0 Å². The van der Waals surface area contributed by atoms with E-state index in [2.05, 4.69) is 34.5 Å². The highest BCUT2D eigenvalue weighted by Crippen LogP contribution is 2.45. The predicted molar refractivity (Wildman–Crippen MR) is 111 cm³/mol. The van der Waals surface area contributed by atoms with Gasteiger partial charge in [0.1, 0.15) is 5.15 Å². The van der Waals surface area contributed by atoms with E-state index in [1.54, 1.807) is 12.3 Å². The summed E-state index contributed by atoms with van der Waals surface area (Å²) in [5.41, 5.74) is 5.47. The van der Waals surface area contributed by atoms with Crippen molar-refractivity contribution in [2.45, 2.75) is 26.7 Å². The number of aromatic nitrogens is 3. The summed E-state index contributed by atoms with van der Waals surface area (Å²) in [6.45, 7) is 5.34. The molecular formula is C21H23ClN4O2. The van der Waals surface area contributed by atoms with Gasteiger partial charge in [-0.1, -0.05) is 18.5 Å². The van der Waals surface area contributed by atoms with Crippen molar-refractivity contribution in [3.05, 3.63) is 46.7 Å². The van der Waals surface area contributed by atoms with Crippen LogP contribution in [0.25, 0.3) is 11.3 Å². The van der Waals surface area contributed by atoms with Gasteiger partial charge in [0.15, 0.2) is 17.3 Å². The van der Waals surface area contributed by atoms with Crippen molar-refractivity contribution in [3.8, 4) is 22.8 Å². The lowest BCUT2D eigenvalue weighted by Gasteiger charge is -2.14. The van der Waals surface area contributed by atoms with Gasteiger partial charge in [0, 0.05) is 36.5 Å². The van der Waals surface area contributed by atoms with Crippen molar-refractivity contribution in [3.63, 3.8) is 0 Å². The number of anilines is 2. The highest BCUT2D eigenvalue weighted by molar-refractivity contribution is 6.29. The number of rotatable bonds is 7. The molecule has 146 valence electrons. The first-order chi connectivity index (χ1) is 13.6. The van der Waals surface area contributed by atoms with Crippen LogP contribution in [-0.2, 0) is 13.5 Å². The van der Waals surface area contributed by atoms with Crippen LogP contribution in [0.5, 0.6) is 11.5 Å². The van der Waals surface area contributed by atoms with Crippen LogP contribution in [0.15, 0.2) is 30.5 Å². The molecule has 0 spiro atoms. The van der Waals surface area contributed by atoms with Crippen LogP contribution in [0.1, 0.15) is 31.4 Å². The summed E-state index contributed by atoms with van der Waals surface area (Å²) < 4.78 is 13.7. The molecule has 1 aromatic carbocycles. The number of hydrogen-bond donors (Lipinski definition) is 1. The Balaban J connectivity index is 1.72. The van der Waals surface area contributed by atoms with E-state index in [1.165, 1.54) is 5.56 Å². The Hall–Kier alpha value is -2.73. The van der Waals surface area contributed by atoms with Crippen LogP contribution < -0.4 is 14.8 Å². The molecule has 0 fully saturated rings. The van der Waals surface area contributed by atoms with Crippen molar-refractivity contribution >= 4 is 23.1 Å². The minimum atomic E-state index is 0.444. The van der Waals surface area contributed by atoms with E-state index < -0.39 is 0 Å². The van der Waals surface area contributed by atoms with Gasteiger partial charge >= 0.3 is 0 Å². The largest absolute Gasteiger partial charge is 0.490 e. The zero-order valence-corrected chi connectivity index (χ0v) is 17.0. The van der Waals surface area contributed by atoms with E-state index in [9.17, 15) is 0 Å². The maximum atomic E-state index is 6.01. The highest BCUT2D eigenvalue weighted by Gasteiger charge is 2.28. The van der Waals surface area contributed by atoms with Gasteiger partial charge in [0.2, 0.25) is 0 Å². The first-order valence-electron chi connectivity index (χ1n) is 9.48. The topological polar surface area (TPSA) is 61.2 Å². The quantitative estimate of drug-likeness (QED) is 0.445. The lowest BCUT2D eigenvalue weighted by molar-refractivity contribution is 0.277. The minimum absolute atomic E-state index is 0.444. The molecule has 4 rings (SSSR count). The molecule has 0 bridgehead atoms. The van der Waals surface area contributed by atoms with Crippen molar-refractivity contribution in [1.29, 1.82) is 0 Å². The van der Waals surface area contributed by atoms with Crippen LogP contribution in [0.3, 0.4) is 0 Å². The first-order valence-corrected chi connectivity index (χ1v) is 9.85. The molecule has 2 aromatic heterocycles. The molecule has 0 atom stereocenters. The smallest absolute Gasteiger partial charge is 0.161 e. The lowest BCUT2D eigenvalue weighted by Crippen LogP contribution is -2.02. The molecule has 0 radical (unpaired) electrons. The second-order valence-corrected chi connectivity index (χ2v) is 7.09. The van der Waals surface area contributed by atoms with E-state index in [1.807, 2.05) is 24.7 Å². The summed E-state index contributed by atoms with van der Waals surface area (Å²) >= 11 is 6.01. The minimum Gasteiger partial charge on any atom is -0.490 e. The summed E-state index contributed by atoms with van der Waals surface area (Å²) in [5.74, 6) is 2.41. The number of nitrogens with one attached hydrogen (secondary N) is 1. The van der Waals surface area contributed by atoms with Crippen LogP contribution >= 0.6 is 11.6 Å². The Labute approximate surface area is 169 Å². The Morgan fingerprint density at radius 3 is 2.75 bits per heavy atom. The molecule has 0 unspecified atom stereocenters. The average Bonchev–Trinajstić information content (AvgIpc) is 3.17. The number of pyridine rings is 1. The van der Waals surface area contributed by atoms with Crippen LogP contribution in [-0.4, -0.2) is 28.0 Å². The SMILES string of the molecule is CCCOc1cc2c(cc1OCC)Cc1c(Nc3ccnc(Cl)c3)nn(C)c1-2. The Morgan fingerprint density at radius 2 is 2.00 bits per heavy atom. The van der Waals surface area contributed by atoms with E-state index in [-0.39, 0.29) is 0 Å². The van der Waals surface area contributed by atoms with Gasteiger partial charge in [0.25, 0.3) is 0 Å². The predicted octanol–water partition coefficient (Wildman–Crippen LogP) is 4.97. The molecule has 1 N–H and O–H groups in total. The molecule has 0 amide bonds. The molecule has 7 heteroatoms. The van der Waals surface area contributed by atoms with E-state index >= 15 is 0 Å². The van der Waals surface area contributed by atoms with E-state index in [0.29, 0.717) is 18.4 Å². The third kappa shape index (κ3) is 3.40. The normalized spacial score (nSPS) is 11.9. The molecule has 1 aliphatic rings. The summed E-state index contributed by atoms with van der Waals surface area (Å²) in [4.78, 5) is 4.02. The monoisotopic (exact) mass is 398 g/mol. The van der Waals surface area contributed by atoms with Gasteiger partial charge in [-0.05, 0) is 43.2 Å². The summed E-state index contributed by atoms with van der Waals surface area (Å²) in [6.07, 6.45) is 3.41. The fourth-order valence-corrected chi connectivity index (χ4v) is 3.72.